The predicted molar refractivity (Wildman–Crippen MR) is 69.1 cm³/mol. The van der Waals surface area contributed by atoms with E-state index < -0.39 is 0 Å². The molecule has 2 rings (SSSR count). The fourth-order valence-corrected chi connectivity index (χ4v) is 3.34. The summed E-state index contributed by atoms with van der Waals surface area (Å²) in [5.74, 6) is 0.763. The van der Waals surface area contributed by atoms with Crippen LogP contribution in [-0.4, -0.2) is 41.1 Å². The highest BCUT2D eigenvalue weighted by Crippen LogP contribution is 2.39. The zero-order valence-corrected chi connectivity index (χ0v) is 10.6. The molecule has 98 valence electrons. The molecule has 0 radical (unpaired) electrons. The Kier molecular flexibility index (Phi) is 4.05. The van der Waals surface area contributed by atoms with Crippen LogP contribution in [0.3, 0.4) is 0 Å². The Morgan fingerprint density at radius 1 is 1.41 bits per heavy atom. The molecular formula is C13H25N3O. The molecule has 0 spiro atoms. The maximum Gasteiger partial charge on any atom is 0.0905 e. The van der Waals surface area contributed by atoms with Crippen LogP contribution in [-0.2, 0) is 0 Å². The number of nitrogens with two attached hydrogens (primary N) is 1. The maximum atomic E-state index is 10.5. The lowest BCUT2D eigenvalue weighted by atomic mass is 9.71. The Morgan fingerprint density at radius 3 is 3.00 bits per heavy atom. The smallest absolute Gasteiger partial charge is 0.0905 e. The van der Waals surface area contributed by atoms with E-state index in [1.165, 1.54) is 19.3 Å². The molecule has 1 aliphatic heterocycles. The molecule has 2 unspecified atom stereocenters. The lowest BCUT2D eigenvalue weighted by Gasteiger charge is -2.47. The van der Waals surface area contributed by atoms with Crippen molar-refractivity contribution in [3.8, 4) is 0 Å². The fourth-order valence-electron chi connectivity index (χ4n) is 3.34. The molecule has 0 aromatic heterocycles. The molecule has 0 amide bonds. The first kappa shape index (κ1) is 12.8. The predicted octanol–water partition coefficient (Wildman–Crippen LogP) is 1.33. The number of aliphatic hydroxyl groups is 1. The number of hydrogen-bond acceptors (Lipinski definition) is 3. The van der Waals surface area contributed by atoms with Gasteiger partial charge in [-0.1, -0.05) is 12.8 Å². The van der Waals surface area contributed by atoms with Crippen LogP contribution in [0.1, 0.15) is 44.9 Å². The summed E-state index contributed by atoms with van der Waals surface area (Å²) in [5, 5.41) is 17.8. The van der Waals surface area contributed by atoms with Gasteiger partial charge in [0.1, 0.15) is 0 Å². The molecule has 1 heterocycles. The van der Waals surface area contributed by atoms with Gasteiger partial charge in [-0.3, -0.25) is 5.41 Å². The van der Waals surface area contributed by atoms with Crippen LogP contribution in [0.2, 0.25) is 0 Å². The van der Waals surface area contributed by atoms with Crippen molar-refractivity contribution in [2.45, 2.75) is 50.5 Å². The van der Waals surface area contributed by atoms with Crippen molar-refractivity contribution in [2.24, 2.45) is 11.7 Å². The Bertz CT molecular complexity index is 282. The molecule has 0 aromatic carbocycles. The molecule has 4 nitrogen and oxygen atoms in total. The van der Waals surface area contributed by atoms with Crippen LogP contribution in [0, 0.1) is 11.3 Å². The number of likely N-dealkylation sites (tertiary alicyclic amines) is 1. The highest BCUT2D eigenvalue weighted by molar-refractivity contribution is 5.76. The van der Waals surface area contributed by atoms with Gasteiger partial charge < -0.3 is 15.7 Å². The van der Waals surface area contributed by atoms with Crippen molar-refractivity contribution in [1.82, 2.24) is 4.90 Å². The van der Waals surface area contributed by atoms with Gasteiger partial charge in [-0.15, -0.1) is 0 Å². The summed E-state index contributed by atoms with van der Waals surface area (Å²) in [4.78, 5) is 2.44. The molecule has 2 fully saturated rings. The average Bonchev–Trinajstić information content (AvgIpc) is 2.28. The third kappa shape index (κ3) is 3.19. The second kappa shape index (κ2) is 5.36. The molecule has 1 saturated heterocycles. The van der Waals surface area contributed by atoms with Crippen molar-refractivity contribution in [1.29, 1.82) is 5.41 Å². The fraction of sp³-hybridized carbons (Fsp3) is 0.923. The van der Waals surface area contributed by atoms with Crippen LogP contribution >= 0.6 is 0 Å². The Labute approximate surface area is 104 Å². The first-order valence-corrected chi connectivity index (χ1v) is 6.88. The standard InChI is InChI=1S/C13H25N3O/c14-12(15)5-3-8-16-9-7-13(17)6-2-1-4-11(13)10-16/h11,17H,1-10H2,(H3,14,15). The molecule has 4 heteroatoms. The van der Waals surface area contributed by atoms with E-state index in [0.29, 0.717) is 12.3 Å². The van der Waals surface area contributed by atoms with E-state index >= 15 is 0 Å². The van der Waals surface area contributed by atoms with Crippen LogP contribution in [0.25, 0.3) is 0 Å². The third-order valence-corrected chi connectivity index (χ3v) is 4.43. The summed E-state index contributed by atoms with van der Waals surface area (Å²) in [5.41, 5.74) is 4.99. The summed E-state index contributed by atoms with van der Waals surface area (Å²) >= 11 is 0. The van der Waals surface area contributed by atoms with E-state index in [1.807, 2.05) is 0 Å². The normalized spacial score (nSPS) is 34.3. The topological polar surface area (TPSA) is 73.3 Å². The zero-order valence-electron chi connectivity index (χ0n) is 10.6. The van der Waals surface area contributed by atoms with Gasteiger partial charge in [0, 0.05) is 25.4 Å². The lowest BCUT2D eigenvalue weighted by molar-refractivity contribution is -0.0952. The highest BCUT2D eigenvalue weighted by Gasteiger charge is 2.42. The number of amidine groups is 1. The van der Waals surface area contributed by atoms with Crippen molar-refractivity contribution in [3.63, 3.8) is 0 Å². The Hall–Kier alpha value is -0.610. The van der Waals surface area contributed by atoms with Gasteiger partial charge in [0.25, 0.3) is 0 Å². The number of hydrogen-bond donors (Lipinski definition) is 3. The van der Waals surface area contributed by atoms with Crippen LogP contribution in [0.5, 0.6) is 0 Å². The molecule has 4 N–H and O–H groups in total. The quantitative estimate of drug-likeness (QED) is 0.512. The van der Waals surface area contributed by atoms with Crippen molar-refractivity contribution in [2.75, 3.05) is 19.6 Å². The van der Waals surface area contributed by atoms with Gasteiger partial charge in [-0.25, -0.2) is 0 Å². The molecule has 0 bridgehead atoms. The number of rotatable bonds is 4. The Morgan fingerprint density at radius 2 is 2.24 bits per heavy atom. The summed E-state index contributed by atoms with van der Waals surface area (Å²) in [6, 6.07) is 0. The summed E-state index contributed by atoms with van der Waals surface area (Å²) in [6.07, 6.45) is 7.24. The molecule has 2 atom stereocenters. The monoisotopic (exact) mass is 239 g/mol. The van der Waals surface area contributed by atoms with E-state index in [2.05, 4.69) is 4.90 Å². The second-order valence-corrected chi connectivity index (χ2v) is 5.73. The molecular weight excluding hydrogens is 214 g/mol. The third-order valence-electron chi connectivity index (χ3n) is 4.43. The Balaban J connectivity index is 1.79. The van der Waals surface area contributed by atoms with E-state index in [4.69, 9.17) is 11.1 Å². The average molecular weight is 239 g/mol. The summed E-state index contributed by atoms with van der Waals surface area (Å²) < 4.78 is 0. The van der Waals surface area contributed by atoms with Crippen LogP contribution < -0.4 is 5.73 Å². The van der Waals surface area contributed by atoms with Gasteiger partial charge in [0.15, 0.2) is 0 Å². The maximum absolute atomic E-state index is 10.5. The minimum atomic E-state index is -0.366. The summed E-state index contributed by atoms with van der Waals surface area (Å²) in [6.45, 7) is 3.06. The number of nitrogens with one attached hydrogen (secondary N) is 1. The molecule has 17 heavy (non-hydrogen) atoms. The number of nitrogens with zero attached hydrogens (tertiary/aromatic N) is 1. The highest BCUT2D eigenvalue weighted by atomic mass is 16.3. The minimum absolute atomic E-state index is 0.288. The lowest BCUT2D eigenvalue weighted by Crippen LogP contribution is -2.53. The van der Waals surface area contributed by atoms with E-state index in [0.717, 1.165) is 38.9 Å². The van der Waals surface area contributed by atoms with E-state index in [9.17, 15) is 5.11 Å². The van der Waals surface area contributed by atoms with Gasteiger partial charge in [0.2, 0.25) is 0 Å². The van der Waals surface area contributed by atoms with Crippen molar-refractivity contribution < 1.29 is 5.11 Å². The number of fused-ring (bicyclic) bond motifs is 1. The van der Waals surface area contributed by atoms with Crippen LogP contribution in [0.15, 0.2) is 0 Å². The van der Waals surface area contributed by atoms with Gasteiger partial charge in [0.05, 0.1) is 11.4 Å². The first-order valence-electron chi connectivity index (χ1n) is 6.88. The molecule has 1 saturated carbocycles. The minimum Gasteiger partial charge on any atom is -0.390 e. The van der Waals surface area contributed by atoms with Crippen LogP contribution in [0.4, 0.5) is 0 Å². The molecule has 1 aliphatic carbocycles. The SMILES string of the molecule is N=C(N)CCCN1CCC2(O)CCCCC2C1. The van der Waals surface area contributed by atoms with Gasteiger partial charge >= 0.3 is 0 Å². The summed E-state index contributed by atoms with van der Waals surface area (Å²) in [7, 11) is 0. The molecule has 0 aromatic rings. The van der Waals surface area contributed by atoms with Crippen molar-refractivity contribution in [3.05, 3.63) is 0 Å². The van der Waals surface area contributed by atoms with Gasteiger partial charge in [-0.2, -0.15) is 0 Å². The first-order chi connectivity index (χ1) is 8.10. The number of piperidine rings is 1. The molecule has 2 aliphatic rings. The zero-order chi connectivity index (χ0) is 12.3. The van der Waals surface area contributed by atoms with E-state index in [-0.39, 0.29) is 11.4 Å². The van der Waals surface area contributed by atoms with Crippen molar-refractivity contribution >= 4 is 5.84 Å². The second-order valence-electron chi connectivity index (χ2n) is 5.73. The largest absolute Gasteiger partial charge is 0.390 e. The van der Waals surface area contributed by atoms with Gasteiger partial charge in [-0.05, 0) is 32.2 Å². The van der Waals surface area contributed by atoms with E-state index in [1.54, 1.807) is 0 Å².